The molecule has 0 aliphatic heterocycles. The Bertz CT molecular complexity index is 459. The van der Waals surface area contributed by atoms with E-state index in [0.717, 1.165) is 6.42 Å². The highest BCUT2D eigenvalue weighted by atomic mass is 16.5. The standard InChI is InChI=1S/C15H22N2O2/c1-10-5-3-4-6-13(10)19-14-9-11(16)7-8-12(14)15(18)17-2/h7-10,13H,3-6,16H2,1-2H3,(H,17,18). The summed E-state index contributed by atoms with van der Waals surface area (Å²) in [6.07, 6.45) is 4.86. The molecule has 0 heterocycles. The van der Waals surface area contributed by atoms with Gasteiger partial charge in [-0.2, -0.15) is 0 Å². The van der Waals surface area contributed by atoms with Crippen LogP contribution in [0, 0.1) is 5.92 Å². The van der Waals surface area contributed by atoms with Gasteiger partial charge < -0.3 is 15.8 Å². The Labute approximate surface area is 114 Å². The van der Waals surface area contributed by atoms with E-state index in [9.17, 15) is 4.79 Å². The molecule has 1 aliphatic rings. The number of ether oxygens (including phenoxy) is 1. The Morgan fingerprint density at radius 3 is 2.79 bits per heavy atom. The first-order chi connectivity index (χ1) is 9.11. The molecular formula is C15H22N2O2. The fourth-order valence-electron chi connectivity index (χ4n) is 2.58. The minimum absolute atomic E-state index is 0.140. The molecule has 1 fully saturated rings. The zero-order valence-corrected chi connectivity index (χ0v) is 11.6. The van der Waals surface area contributed by atoms with Gasteiger partial charge in [-0.15, -0.1) is 0 Å². The summed E-state index contributed by atoms with van der Waals surface area (Å²) < 4.78 is 6.06. The summed E-state index contributed by atoms with van der Waals surface area (Å²) in [5.41, 5.74) is 6.96. The van der Waals surface area contributed by atoms with Gasteiger partial charge in [0.1, 0.15) is 11.9 Å². The van der Waals surface area contributed by atoms with E-state index in [0.29, 0.717) is 22.9 Å². The van der Waals surface area contributed by atoms with Crippen LogP contribution in [-0.4, -0.2) is 19.1 Å². The number of amides is 1. The minimum Gasteiger partial charge on any atom is -0.489 e. The van der Waals surface area contributed by atoms with E-state index in [2.05, 4.69) is 12.2 Å². The molecule has 3 N–H and O–H groups in total. The van der Waals surface area contributed by atoms with Crippen LogP contribution in [-0.2, 0) is 0 Å². The Kier molecular flexibility index (Phi) is 4.30. The van der Waals surface area contributed by atoms with Crippen molar-refractivity contribution in [2.24, 2.45) is 5.92 Å². The van der Waals surface area contributed by atoms with E-state index in [4.69, 9.17) is 10.5 Å². The molecule has 2 unspecified atom stereocenters. The van der Waals surface area contributed by atoms with E-state index in [1.165, 1.54) is 19.3 Å². The molecule has 0 saturated heterocycles. The molecule has 0 bridgehead atoms. The van der Waals surface area contributed by atoms with Crippen molar-refractivity contribution in [3.63, 3.8) is 0 Å². The quantitative estimate of drug-likeness (QED) is 0.823. The first-order valence-electron chi connectivity index (χ1n) is 6.90. The van der Waals surface area contributed by atoms with Crippen molar-refractivity contribution >= 4 is 11.6 Å². The predicted octanol–water partition coefficient (Wildman–Crippen LogP) is 2.59. The Morgan fingerprint density at radius 1 is 1.37 bits per heavy atom. The maximum absolute atomic E-state index is 11.8. The predicted molar refractivity (Wildman–Crippen MR) is 76.3 cm³/mol. The Hall–Kier alpha value is -1.71. The summed E-state index contributed by atoms with van der Waals surface area (Å²) in [6.45, 7) is 2.20. The number of rotatable bonds is 3. The van der Waals surface area contributed by atoms with Gasteiger partial charge in [0, 0.05) is 18.8 Å². The van der Waals surface area contributed by atoms with Gasteiger partial charge in [-0.3, -0.25) is 4.79 Å². The molecule has 1 amide bonds. The SMILES string of the molecule is CNC(=O)c1ccc(N)cc1OC1CCCCC1C. The lowest BCUT2D eigenvalue weighted by molar-refractivity contribution is 0.0909. The molecule has 0 aromatic heterocycles. The third-order valence-corrected chi connectivity index (χ3v) is 3.79. The van der Waals surface area contributed by atoms with Crippen molar-refractivity contribution in [2.75, 3.05) is 12.8 Å². The van der Waals surface area contributed by atoms with Crippen LogP contribution >= 0.6 is 0 Å². The molecule has 19 heavy (non-hydrogen) atoms. The van der Waals surface area contributed by atoms with Crippen molar-refractivity contribution < 1.29 is 9.53 Å². The van der Waals surface area contributed by atoms with Crippen LogP contribution in [0.5, 0.6) is 5.75 Å². The normalized spacial score (nSPS) is 22.8. The first kappa shape index (κ1) is 13.7. The fourth-order valence-corrected chi connectivity index (χ4v) is 2.58. The number of hydrogen-bond donors (Lipinski definition) is 2. The lowest BCUT2D eigenvalue weighted by Crippen LogP contribution is -2.29. The molecule has 1 aliphatic carbocycles. The third-order valence-electron chi connectivity index (χ3n) is 3.79. The lowest BCUT2D eigenvalue weighted by atomic mass is 9.88. The molecule has 2 rings (SSSR count). The van der Waals surface area contributed by atoms with Gasteiger partial charge in [0.05, 0.1) is 5.56 Å². The van der Waals surface area contributed by atoms with Gasteiger partial charge in [0.15, 0.2) is 0 Å². The highest BCUT2D eigenvalue weighted by Gasteiger charge is 2.24. The highest BCUT2D eigenvalue weighted by Crippen LogP contribution is 2.30. The second-order valence-corrected chi connectivity index (χ2v) is 5.25. The van der Waals surface area contributed by atoms with Crippen LogP contribution in [0.25, 0.3) is 0 Å². The van der Waals surface area contributed by atoms with Crippen LogP contribution in [0.15, 0.2) is 18.2 Å². The van der Waals surface area contributed by atoms with Gasteiger partial charge in [0.25, 0.3) is 5.91 Å². The van der Waals surface area contributed by atoms with Gasteiger partial charge in [-0.25, -0.2) is 0 Å². The number of carbonyl (C=O) groups excluding carboxylic acids is 1. The second kappa shape index (κ2) is 5.95. The van der Waals surface area contributed by atoms with E-state index < -0.39 is 0 Å². The summed E-state index contributed by atoms with van der Waals surface area (Å²) in [6, 6.07) is 5.19. The molecule has 2 atom stereocenters. The molecule has 4 nitrogen and oxygen atoms in total. The molecule has 104 valence electrons. The molecule has 4 heteroatoms. The van der Waals surface area contributed by atoms with Crippen LogP contribution < -0.4 is 15.8 Å². The number of carbonyl (C=O) groups is 1. The van der Waals surface area contributed by atoms with Crippen molar-refractivity contribution in [2.45, 2.75) is 38.7 Å². The number of nitrogens with one attached hydrogen (secondary N) is 1. The largest absolute Gasteiger partial charge is 0.489 e. The van der Waals surface area contributed by atoms with E-state index >= 15 is 0 Å². The maximum atomic E-state index is 11.8. The lowest BCUT2D eigenvalue weighted by Gasteiger charge is -2.30. The minimum atomic E-state index is -0.140. The number of benzene rings is 1. The van der Waals surface area contributed by atoms with E-state index in [1.807, 2.05) is 0 Å². The smallest absolute Gasteiger partial charge is 0.254 e. The van der Waals surface area contributed by atoms with Gasteiger partial charge in [-0.05, 0) is 37.3 Å². The molecule has 0 spiro atoms. The highest BCUT2D eigenvalue weighted by molar-refractivity contribution is 5.97. The van der Waals surface area contributed by atoms with Crippen molar-refractivity contribution in [1.29, 1.82) is 0 Å². The number of hydrogen-bond acceptors (Lipinski definition) is 3. The molecular weight excluding hydrogens is 240 g/mol. The molecule has 1 aromatic carbocycles. The average molecular weight is 262 g/mol. The zero-order valence-electron chi connectivity index (χ0n) is 11.6. The summed E-state index contributed by atoms with van der Waals surface area (Å²) >= 11 is 0. The fraction of sp³-hybridized carbons (Fsp3) is 0.533. The van der Waals surface area contributed by atoms with Crippen LogP contribution in [0.1, 0.15) is 43.0 Å². The van der Waals surface area contributed by atoms with Crippen LogP contribution in [0.2, 0.25) is 0 Å². The van der Waals surface area contributed by atoms with Crippen LogP contribution in [0.4, 0.5) is 5.69 Å². The van der Waals surface area contributed by atoms with E-state index in [1.54, 1.807) is 25.2 Å². The average Bonchev–Trinajstić information content (AvgIpc) is 2.41. The summed E-state index contributed by atoms with van der Waals surface area (Å²) in [4.78, 5) is 11.8. The Morgan fingerprint density at radius 2 is 2.11 bits per heavy atom. The molecule has 0 radical (unpaired) electrons. The van der Waals surface area contributed by atoms with Crippen LogP contribution in [0.3, 0.4) is 0 Å². The van der Waals surface area contributed by atoms with E-state index in [-0.39, 0.29) is 12.0 Å². The van der Waals surface area contributed by atoms with Crippen molar-refractivity contribution in [1.82, 2.24) is 5.32 Å². The number of nitrogen functional groups attached to an aromatic ring is 1. The van der Waals surface area contributed by atoms with Crippen molar-refractivity contribution in [3.05, 3.63) is 23.8 Å². The topological polar surface area (TPSA) is 64.4 Å². The summed E-state index contributed by atoms with van der Waals surface area (Å²) in [5, 5.41) is 2.63. The van der Waals surface area contributed by atoms with Crippen molar-refractivity contribution in [3.8, 4) is 5.75 Å². The van der Waals surface area contributed by atoms with Gasteiger partial charge >= 0.3 is 0 Å². The van der Waals surface area contributed by atoms with Gasteiger partial charge in [-0.1, -0.05) is 13.3 Å². The van der Waals surface area contributed by atoms with Gasteiger partial charge in [0.2, 0.25) is 0 Å². The Balaban J connectivity index is 2.22. The third kappa shape index (κ3) is 3.19. The summed E-state index contributed by atoms with van der Waals surface area (Å²) in [7, 11) is 1.62. The molecule has 1 saturated carbocycles. The number of nitrogens with two attached hydrogens (primary N) is 1. The zero-order chi connectivity index (χ0) is 13.8. The first-order valence-corrected chi connectivity index (χ1v) is 6.90. The second-order valence-electron chi connectivity index (χ2n) is 5.25. The number of anilines is 1. The maximum Gasteiger partial charge on any atom is 0.254 e. The monoisotopic (exact) mass is 262 g/mol. The molecule has 1 aromatic rings. The summed E-state index contributed by atoms with van der Waals surface area (Å²) in [5.74, 6) is 0.976.